The number of benzene rings is 1. The van der Waals surface area contributed by atoms with E-state index in [-0.39, 0.29) is 12.1 Å². The summed E-state index contributed by atoms with van der Waals surface area (Å²) in [5.41, 5.74) is 2.89. The number of fused-ring (bicyclic) bond motifs is 3. The number of amides is 1. The number of hydrogen-bond donors (Lipinski definition) is 0. The van der Waals surface area contributed by atoms with Gasteiger partial charge in [0.2, 0.25) is 5.89 Å². The van der Waals surface area contributed by atoms with Crippen LogP contribution in [-0.2, 0) is 17.6 Å². The van der Waals surface area contributed by atoms with Gasteiger partial charge in [-0.1, -0.05) is 15.9 Å². The largest absolute Gasteiger partial charge is 0.444 e. The summed E-state index contributed by atoms with van der Waals surface area (Å²) in [5.74, 6) is 1.50. The van der Waals surface area contributed by atoms with Crippen LogP contribution in [0.4, 0.5) is 4.79 Å². The van der Waals surface area contributed by atoms with Gasteiger partial charge in [-0.25, -0.2) is 9.78 Å². The number of carbonyl (C=O) groups is 1. The Morgan fingerprint density at radius 2 is 2.11 bits per heavy atom. The second kappa shape index (κ2) is 6.97. The van der Waals surface area contributed by atoms with E-state index in [0.29, 0.717) is 12.4 Å². The Kier molecular flexibility index (Phi) is 4.78. The smallest absolute Gasteiger partial charge is 0.410 e. The number of aromatic nitrogens is 1. The minimum absolute atomic E-state index is 0.148. The van der Waals surface area contributed by atoms with Crippen LogP contribution in [0.2, 0.25) is 0 Å². The Morgan fingerprint density at radius 3 is 2.89 bits per heavy atom. The van der Waals surface area contributed by atoms with Crippen molar-refractivity contribution in [1.82, 2.24) is 9.88 Å². The molecule has 2 heterocycles. The van der Waals surface area contributed by atoms with Gasteiger partial charge in [-0.05, 0) is 76.6 Å². The van der Waals surface area contributed by atoms with E-state index in [4.69, 9.17) is 14.1 Å². The molecular weight excluding hydrogens is 408 g/mol. The standard InChI is InChI=1S/C21H25BrN2O3/c1-21(2,3)27-20(25)24-11-5-8-17(24)19-23-16-7-4-6-13-12-14(22)9-10-15(13)18(16)26-19/h9-10,12,17H,4-8,11H2,1-3H3. The summed E-state index contributed by atoms with van der Waals surface area (Å²) in [6.45, 7) is 6.34. The Hall–Kier alpha value is -1.82. The summed E-state index contributed by atoms with van der Waals surface area (Å²) in [6, 6.07) is 6.15. The molecule has 1 amide bonds. The van der Waals surface area contributed by atoms with E-state index in [1.54, 1.807) is 4.90 Å². The molecule has 0 bridgehead atoms. The molecule has 4 rings (SSSR count). The summed E-state index contributed by atoms with van der Waals surface area (Å²) in [6.07, 6.45) is 4.45. The SMILES string of the molecule is CC(C)(C)OC(=O)N1CCCC1c1nc2c(o1)-c1ccc(Br)cc1CCC2. The second-order valence-electron chi connectivity index (χ2n) is 8.31. The fourth-order valence-corrected chi connectivity index (χ4v) is 4.30. The predicted molar refractivity (Wildman–Crippen MR) is 107 cm³/mol. The average molecular weight is 433 g/mol. The van der Waals surface area contributed by atoms with Gasteiger partial charge in [0.1, 0.15) is 11.6 Å². The van der Waals surface area contributed by atoms with Gasteiger partial charge in [0.25, 0.3) is 0 Å². The fourth-order valence-electron chi connectivity index (χ4n) is 3.89. The van der Waals surface area contributed by atoms with Crippen LogP contribution in [0, 0.1) is 0 Å². The van der Waals surface area contributed by atoms with E-state index in [1.165, 1.54) is 5.56 Å². The molecule has 0 spiro atoms. The molecule has 0 saturated carbocycles. The quantitative estimate of drug-likeness (QED) is 0.582. The van der Waals surface area contributed by atoms with Crippen molar-refractivity contribution in [3.63, 3.8) is 0 Å². The first kappa shape index (κ1) is 18.5. The normalized spacial score (nSPS) is 19.4. The molecule has 1 saturated heterocycles. The van der Waals surface area contributed by atoms with Crippen molar-refractivity contribution in [3.8, 4) is 11.3 Å². The van der Waals surface area contributed by atoms with Gasteiger partial charge >= 0.3 is 6.09 Å². The molecule has 1 fully saturated rings. The molecule has 0 N–H and O–H groups in total. The molecule has 0 radical (unpaired) electrons. The van der Waals surface area contributed by atoms with Crippen LogP contribution >= 0.6 is 15.9 Å². The van der Waals surface area contributed by atoms with Crippen LogP contribution in [-0.4, -0.2) is 28.1 Å². The van der Waals surface area contributed by atoms with Crippen LogP contribution in [0.3, 0.4) is 0 Å². The van der Waals surface area contributed by atoms with Crippen molar-refractivity contribution < 1.29 is 13.9 Å². The number of rotatable bonds is 1. The number of oxazole rings is 1. The summed E-state index contributed by atoms with van der Waals surface area (Å²) >= 11 is 3.56. The zero-order valence-electron chi connectivity index (χ0n) is 16.0. The van der Waals surface area contributed by atoms with E-state index in [0.717, 1.165) is 53.6 Å². The number of nitrogens with zero attached hydrogens (tertiary/aromatic N) is 2. The molecule has 1 atom stereocenters. The lowest BCUT2D eigenvalue weighted by Crippen LogP contribution is -2.36. The van der Waals surface area contributed by atoms with Crippen LogP contribution < -0.4 is 0 Å². The maximum absolute atomic E-state index is 12.6. The Bertz CT molecular complexity index is 869. The number of carbonyl (C=O) groups excluding carboxylic acids is 1. The van der Waals surface area contributed by atoms with Crippen molar-refractivity contribution in [2.45, 2.75) is 64.5 Å². The van der Waals surface area contributed by atoms with E-state index in [9.17, 15) is 4.79 Å². The number of hydrogen-bond acceptors (Lipinski definition) is 4. The lowest BCUT2D eigenvalue weighted by Gasteiger charge is -2.27. The zero-order valence-corrected chi connectivity index (χ0v) is 17.6. The van der Waals surface area contributed by atoms with Gasteiger partial charge in [0.15, 0.2) is 5.76 Å². The molecule has 2 aliphatic rings. The number of aryl methyl sites for hydroxylation is 2. The lowest BCUT2D eigenvalue weighted by molar-refractivity contribution is 0.0204. The van der Waals surface area contributed by atoms with Gasteiger partial charge in [-0.3, -0.25) is 4.90 Å². The molecule has 144 valence electrons. The summed E-state index contributed by atoms with van der Waals surface area (Å²) < 4.78 is 12.9. The third-order valence-electron chi connectivity index (χ3n) is 5.05. The third-order valence-corrected chi connectivity index (χ3v) is 5.54. The fraction of sp³-hybridized carbons (Fsp3) is 0.524. The highest BCUT2D eigenvalue weighted by Crippen LogP contribution is 2.39. The highest BCUT2D eigenvalue weighted by atomic mass is 79.9. The first-order valence-corrected chi connectivity index (χ1v) is 10.4. The van der Waals surface area contributed by atoms with Gasteiger partial charge in [-0.15, -0.1) is 0 Å². The number of ether oxygens (including phenoxy) is 1. The molecule has 1 aliphatic carbocycles. The molecule has 1 unspecified atom stereocenters. The number of halogens is 1. The van der Waals surface area contributed by atoms with Crippen molar-refractivity contribution in [1.29, 1.82) is 0 Å². The average Bonchev–Trinajstić information content (AvgIpc) is 3.17. The van der Waals surface area contributed by atoms with E-state index < -0.39 is 5.60 Å². The third kappa shape index (κ3) is 3.77. The van der Waals surface area contributed by atoms with Crippen molar-refractivity contribution >= 4 is 22.0 Å². The highest BCUT2D eigenvalue weighted by molar-refractivity contribution is 9.10. The first-order valence-electron chi connectivity index (χ1n) is 9.60. The molecule has 1 aliphatic heterocycles. The second-order valence-corrected chi connectivity index (χ2v) is 9.23. The van der Waals surface area contributed by atoms with Crippen molar-refractivity contribution in [2.75, 3.05) is 6.54 Å². The highest BCUT2D eigenvalue weighted by Gasteiger charge is 2.37. The van der Waals surface area contributed by atoms with Crippen LogP contribution in [0.5, 0.6) is 0 Å². The lowest BCUT2D eigenvalue weighted by atomic mass is 10.0. The Balaban J connectivity index is 1.66. The molecular formula is C21H25BrN2O3. The summed E-state index contributed by atoms with van der Waals surface area (Å²) in [7, 11) is 0. The molecule has 27 heavy (non-hydrogen) atoms. The van der Waals surface area contributed by atoms with Crippen LogP contribution in [0.1, 0.15) is 63.2 Å². The van der Waals surface area contributed by atoms with Crippen LogP contribution in [0.15, 0.2) is 27.1 Å². The molecule has 1 aromatic heterocycles. The van der Waals surface area contributed by atoms with Crippen molar-refractivity contribution in [3.05, 3.63) is 39.8 Å². The first-order chi connectivity index (χ1) is 12.8. The number of likely N-dealkylation sites (tertiary alicyclic amines) is 1. The van der Waals surface area contributed by atoms with Gasteiger partial charge in [0.05, 0.1) is 5.69 Å². The Morgan fingerprint density at radius 1 is 1.30 bits per heavy atom. The van der Waals surface area contributed by atoms with Crippen molar-refractivity contribution in [2.24, 2.45) is 0 Å². The molecule has 6 heteroatoms. The predicted octanol–water partition coefficient (Wildman–Crippen LogP) is 5.66. The maximum atomic E-state index is 12.6. The monoisotopic (exact) mass is 432 g/mol. The molecule has 5 nitrogen and oxygen atoms in total. The maximum Gasteiger partial charge on any atom is 0.410 e. The zero-order chi connectivity index (χ0) is 19.2. The van der Waals surface area contributed by atoms with E-state index in [1.807, 2.05) is 26.8 Å². The van der Waals surface area contributed by atoms with E-state index >= 15 is 0 Å². The summed E-state index contributed by atoms with van der Waals surface area (Å²) in [5, 5.41) is 0. The van der Waals surface area contributed by atoms with Crippen LogP contribution in [0.25, 0.3) is 11.3 Å². The van der Waals surface area contributed by atoms with Gasteiger partial charge < -0.3 is 9.15 Å². The minimum atomic E-state index is -0.510. The minimum Gasteiger partial charge on any atom is -0.444 e. The van der Waals surface area contributed by atoms with Gasteiger partial charge in [-0.2, -0.15) is 0 Å². The summed E-state index contributed by atoms with van der Waals surface area (Å²) in [4.78, 5) is 19.2. The van der Waals surface area contributed by atoms with E-state index in [2.05, 4.69) is 28.1 Å². The van der Waals surface area contributed by atoms with Gasteiger partial charge in [0, 0.05) is 16.6 Å². The topological polar surface area (TPSA) is 55.6 Å². The molecule has 1 aromatic carbocycles. The Labute approximate surface area is 168 Å². The molecule has 2 aromatic rings.